The van der Waals surface area contributed by atoms with E-state index in [9.17, 15) is 5.48 Å². The molecule has 0 radical (unpaired) electrons. The maximum atomic E-state index is 9.80. The van der Waals surface area contributed by atoms with E-state index in [-0.39, 0.29) is 74.6 Å². The molecule has 0 aliphatic heterocycles. The van der Waals surface area contributed by atoms with E-state index in [1.54, 1.807) is 0 Å². The Hall–Kier alpha value is -7.76. The molecule has 0 aliphatic carbocycles. The van der Waals surface area contributed by atoms with Crippen LogP contribution in [0.4, 0.5) is 0 Å². The van der Waals surface area contributed by atoms with Crippen LogP contribution < -0.4 is 0 Å². The first-order chi connectivity index (χ1) is 30.8. The first-order valence-corrected chi connectivity index (χ1v) is 18.6. The summed E-state index contributed by atoms with van der Waals surface area (Å²) in [5, 5.41) is 2.95. The van der Waals surface area contributed by atoms with Crippen molar-refractivity contribution >= 4 is 65.8 Å². The molecule has 266 valence electrons. The summed E-state index contributed by atoms with van der Waals surface area (Å²) in [6.45, 7) is 0. The zero-order valence-corrected chi connectivity index (χ0v) is 30.1. The number of hydrogen-bond donors (Lipinski definition) is 0. The molecule has 0 bridgehead atoms. The van der Waals surface area contributed by atoms with Crippen molar-refractivity contribution in [3.63, 3.8) is 0 Å². The quantitative estimate of drug-likeness (QED) is 0.177. The number of aromatic nitrogens is 3. The van der Waals surface area contributed by atoms with Gasteiger partial charge >= 0.3 is 0 Å². The van der Waals surface area contributed by atoms with Gasteiger partial charge in [0.05, 0.1) is 19.3 Å². The van der Waals surface area contributed by atoms with Crippen LogP contribution in [0.3, 0.4) is 0 Å². The molecule has 57 heavy (non-hydrogen) atoms. The molecule has 0 atom stereocenters. The number of benzene rings is 8. The third kappa shape index (κ3) is 4.96. The van der Waals surface area contributed by atoms with Crippen LogP contribution in [-0.2, 0) is 0 Å². The van der Waals surface area contributed by atoms with Gasteiger partial charge in [0.15, 0.2) is 5.58 Å². The third-order valence-electron chi connectivity index (χ3n) is 10.9. The summed E-state index contributed by atoms with van der Waals surface area (Å²) in [6, 6.07) is 46.7. The summed E-state index contributed by atoms with van der Waals surface area (Å²) in [5.41, 5.74) is 9.33. The van der Waals surface area contributed by atoms with Gasteiger partial charge in [-0.2, -0.15) is 0 Å². The molecule has 0 amide bonds. The average molecular weight is 736 g/mol. The molecule has 4 heterocycles. The Morgan fingerprint density at radius 3 is 2.02 bits per heavy atom. The fourth-order valence-electron chi connectivity index (χ4n) is 8.18. The SMILES string of the molecule is [2H]c1c(-c2ccc3c(c2)c2ccccc2n3-c2ccccc2)c([2H])c2c(oc3c([2H])c([2H])c([2H])c(-c4ncnc5c4oc4ccc(-c6ccc(-c7ccccc7)cc6)cc45)c32)c1[2H]. The van der Waals surface area contributed by atoms with Gasteiger partial charge in [0.2, 0.25) is 0 Å². The van der Waals surface area contributed by atoms with Crippen LogP contribution in [0.1, 0.15) is 8.22 Å². The van der Waals surface area contributed by atoms with Crippen molar-refractivity contribution in [3.05, 3.63) is 188 Å². The number of rotatable bonds is 5. The van der Waals surface area contributed by atoms with Gasteiger partial charge in [-0.15, -0.1) is 0 Å². The van der Waals surface area contributed by atoms with E-state index in [0.717, 1.165) is 55.1 Å². The summed E-state index contributed by atoms with van der Waals surface area (Å²) in [5.74, 6) is 0. The van der Waals surface area contributed by atoms with E-state index in [2.05, 4.69) is 69.1 Å². The molecule has 4 aromatic heterocycles. The van der Waals surface area contributed by atoms with Gasteiger partial charge in [-0.25, -0.2) is 9.97 Å². The van der Waals surface area contributed by atoms with Crippen LogP contribution in [0.15, 0.2) is 197 Å². The summed E-state index contributed by atoms with van der Waals surface area (Å²) >= 11 is 0. The molecule has 0 aliphatic rings. The summed E-state index contributed by atoms with van der Waals surface area (Å²) in [6.07, 6.45) is 1.38. The minimum Gasteiger partial charge on any atom is -0.456 e. The van der Waals surface area contributed by atoms with Crippen molar-refractivity contribution in [2.75, 3.05) is 0 Å². The number of fused-ring (bicyclic) bond motifs is 9. The highest BCUT2D eigenvalue weighted by molar-refractivity contribution is 6.17. The van der Waals surface area contributed by atoms with Crippen LogP contribution in [0, 0.1) is 0 Å². The van der Waals surface area contributed by atoms with Crippen LogP contribution in [0.5, 0.6) is 0 Å². The molecule has 8 aromatic carbocycles. The van der Waals surface area contributed by atoms with E-state index < -0.39 is 6.04 Å². The van der Waals surface area contributed by atoms with Crippen molar-refractivity contribution in [1.82, 2.24) is 14.5 Å². The van der Waals surface area contributed by atoms with Gasteiger partial charge in [0.25, 0.3) is 0 Å². The van der Waals surface area contributed by atoms with Gasteiger partial charge in [0, 0.05) is 38.2 Å². The second kappa shape index (κ2) is 12.4. The molecule has 0 saturated heterocycles. The predicted octanol–water partition coefficient (Wildman–Crippen LogP) is 14.0. The van der Waals surface area contributed by atoms with E-state index in [1.165, 1.54) is 6.33 Å². The van der Waals surface area contributed by atoms with Crippen LogP contribution in [-0.4, -0.2) is 14.5 Å². The second-order valence-corrected chi connectivity index (χ2v) is 14.1. The number of hydrogen-bond acceptors (Lipinski definition) is 4. The fraction of sp³-hybridized carbons (Fsp3) is 0. The van der Waals surface area contributed by atoms with E-state index >= 15 is 0 Å². The monoisotopic (exact) mass is 735 g/mol. The van der Waals surface area contributed by atoms with E-state index in [1.807, 2.05) is 91.0 Å². The Morgan fingerprint density at radius 2 is 1.16 bits per heavy atom. The lowest BCUT2D eigenvalue weighted by atomic mass is 9.98. The normalized spacial score (nSPS) is 13.3. The maximum absolute atomic E-state index is 9.80. The van der Waals surface area contributed by atoms with Gasteiger partial charge in [-0.05, 0) is 94.0 Å². The molecule has 0 unspecified atom stereocenters. The lowest BCUT2D eigenvalue weighted by molar-refractivity contribution is 0.667. The molecule has 12 aromatic rings. The molecule has 0 spiro atoms. The Kier molecular flexibility index (Phi) is 5.67. The van der Waals surface area contributed by atoms with Crippen LogP contribution in [0.25, 0.3) is 116 Å². The van der Waals surface area contributed by atoms with Crippen molar-refractivity contribution in [2.24, 2.45) is 0 Å². The molecule has 0 fully saturated rings. The standard InChI is InChI=1S/C52H31N3O2/c1-3-10-32(11-4-1)33-18-20-34(21-19-33)35-23-27-47-43(30-35)51-52(57-47)50(53-31-54-51)40-15-9-17-48-49(40)42-29-37(24-26-46(42)56-48)36-22-25-45-41(28-36)39-14-7-8-16-44(39)55(45)38-12-5-2-6-13-38/h1-31H/i9D,15D,17D,24D,26D,29D. The first-order valence-electron chi connectivity index (χ1n) is 21.6. The largest absolute Gasteiger partial charge is 0.456 e. The molecule has 12 rings (SSSR count). The summed E-state index contributed by atoms with van der Waals surface area (Å²) in [7, 11) is 0. The molecule has 0 N–H and O–H groups in total. The Bertz CT molecular complexity index is 3860. The Balaban J connectivity index is 1.06. The Labute approximate surface area is 335 Å². The smallest absolute Gasteiger partial charge is 0.180 e. The maximum Gasteiger partial charge on any atom is 0.180 e. The van der Waals surface area contributed by atoms with Gasteiger partial charge in [0.1, 0.15) is 34.3 Å². The Morgan fingerprint density at radius 1 is 0.474 bits per heavy atom. The molecule has 5 nitrogen and oxygen atoms in total. The number of nitrogens with zero attached hydrogens (tertiary/aromatic N) is 3. The second-order valence-electron chi connectivity index (χ2n) is 14.1. The zero-order valence-electron chi connectivity index (χ0n) is 36.1. The van der Waals surface area contributed by atoms with Gasteiger partial charge in [-0.3, -0.25) is 0 Å². The highest BCUT2D eigenvalue weighted by Gasteiger charge is 2.21. The topological polar surface area (TPSA) is 57.0 Å². The minimum absolute atomic E-state index is 0.0787. The molecule has 5 heteroatoms. The van der Waals surface area contributed by atoms with E-state index in [0.29, 0.717) is 16.7 Å². The van der Waals surface area contributed by atoms with Crippen LogP contribution >= 0.6 is 0 Å². The third-order valence-corrected chi connectivity index (χ3v) is 10.9. The van der Waals surface area contributed by atoms with Gasteiger partial charge in [-0.1, -0.05) is 121 Å². The summed E-state index contributed by atoms with van der Waals surface area (Å²) in [4.78, 5) is 9.28. The number of para-hydroxylation sites is 2. The minimum atomic E-state index is -0.412. The molecular formula is C52H31N3O2. The lowest BCUT2D eigenvalue weighted by Gasteiger charge is -2.08. The van der Waals surface area contributed by atoms with Gasteiger partial charge < -0.3 is 13.4 Å². The highest BCUT2D eigenvalue weighted by Crippen LogP contribution is 2.42. The molecular weight excluding hydrogens is 699 g/mol. The average Bonchev–Trinajstić information content (AvgIpc) is 4.01. The van der Waals surface area contributed by atoms with Crippen molar-refractivity contribution < 1.29 is 17.1 Å². The highest BCUT2D eigenvalue weighted by atomic mass is 16.3. The molecule has 0 saturated carbocycles. The lowest BCUT2D eigenvalue weighted by Crippen LogP contribution is -1.92. The zero-order chi connectivity index (χ0) is 42.7. The van der Waals surface area contributed by atoms with Crippen LogP contribution in [0.2, 0.25) is 0 Å². The van der Waals surface area contributed by atoms with E-state index in [4.69, 9.17) is 11.6 Å². The predicted molar refractivity (Wildman–Crippen MR) is 233 cm³/mol. The van der Waals surface area contributed by atoms with Crippen molar-refractivity contribution in [1.29, 1.82) is 0 Å². The first kappa shape index (κ1) is 26.1. The fourth-order valence-corrected chi connectivity index (χ4v) is 8.18. The van der Waals surface area contributed by atoms with Crippen molar-refractivity contribution in [2.45, 2.75) is 0 Å². The number of furan rings is 2. The van der Waals surface area contributed by atoms with Crippen molar-refractivity contribution in [3.8, 4) is 50.3 Å². The summed E-state index contributed by atoms with van der Waals surface area (Å²) < 4.78 is 70.4.